The van der Waals surface area contributed by atoms with Gasteiger partial charge in [0.05, 0.1) is 22.8 Å². The maximum absolute atomic E-state index is 12.9. The van der Waals surface area contributed by atoms with Crippen molar-refractivity contribution >= 4 is 22.6 Å². The molecular weight excluding hydrogens is 343 g/mol. The Morgan fingerprint density at radius 2 is 1.85 bits per heavy atom. The van der Waals surface area contributed by atoms with Crippen LogP contribution in [0.4, 0.5) is 18.9 Å². The highest BCUT2D eigenvalue weighted by Gasteiger charge is 2.33. The molecule has 0 spiro atoms. The second-order valence-electron chi connectivity index (χ2n) is 6.15. The summed E-state index contributed by atoms with van der Waals surface area (Å²) in [7, 11) is 0. The molecule has 4 nitrogen and oxygen atoms in total. The molecule has 1 aliphatic heterocycles. The smallest absolute Gasteiger partial charge is 0.307 e. The fourth-order valence-electron chi connectivity index (χ4n) is 3.18. The van der Waals surface area contributed by atoms with Crippen LogP contribution in [0, 0.1) is 0 Å². The van der Waals surface area contributed by atoms with E-state index >= 15 is 0 Å². The molecule has 1 aromatic heterocycles. The topological polar surface area (TPSA) is 46.1 Å². The molecule has 2 heterocycles. The number of aromatic nitrogens is 2. The summed E-state index contributed by atoms with van der Waals surface area (Å²) in [5.74, 6) is -0.357. The first-order valence-electron chi connectivity index (χ1n) is 8.17. The lowest BCUT2D eigenvalue weighted by Gasteiger charge is -2.29. The van der Waals surface area contributed by atoms with Crippen molar-refractivity contribution < 1.29 is 18.0 Å². The molecule has 0 saturated heterocycles. The number of aryl methyl sites for hydroxylation is 1. The largest absolute Gasteiger partial charge is 0.416 e. The molecule has 0 saturated carbocycles. The summed E-state index contributed by atoms with van der Waals surface area (Å²) in [6.45, 7) is 0.436. The number of halogens is 3. The Kier molecular flexibility index (Phi) is 3.86. The molecule has 1 aliphatic rings. The molecule has 4 rings (SSSR count). The molecular formula is C19H14F3N3O. The number of anilines is 1. The number of hydrogen-bond donors (Lipinski definition) is 0. The second kappa shape index (κ2) is 6.09. The Morgan fingerprint density at radius 1 is 1.08 bits per heavy atom. The van der Waals surface area contributed by atoms with Gasteiger partial charge in [-0.1, -0.05) is 12.1 Å². The molecule has 0 bridgehead atoms. The summed E-state index contributed by atoms with van der Waals surface area (Å²) in [4.78, 5) is 23.0. The first-order valence-corrected chi connectivity index (χ1v) is 8.17. The number of para-hydroxylation sites is 2. The quantitative estimate of drug-likeness (QED) is 0.654. The molecule has 1 amide bonds. The van der Waals surface area contributed by atoms with Crippen LogP contribution >= 0.6 is 0 Å². The Bertz CT molecular complexity index is 1000. The lowest BCUT2D eigenvalue weighted by molar-refractivity contribution is -0.137. The predicted octanol–water partition coefficient (Wildman–Crippen LogP) is 4.24. The number of benzene rings is 2. The van der Waals surface area contributed by atoms with Crippen LogP contribution in [0.5, 0.6) is 0 Å². The van der Waals surface area contributed by atoms with Gasteiger partial charge in [-0.3, -0.25) is 9.78 Å². The van der Waals surface area contributed by atoms with Gasteiger partial charge in [-0.05, 0) is 48.7 Å². The highest BCUT2D eigenvalue weighted by molar-refractivity contribution is 6.06. The minimum absolute atomic E-state index is 0.177. The maximum atomic E-state index is 12.9. The van der Waals surface area contributed by atoms with E-state index in [1.54, 1.807) is 18.2 Å². The van der Waals surface area contributed by atoms with Gasteiger partial charge in [0, 0.05) is 12.2 Å². The fourth-order valence-corrected chi connectivity index (χ4v) is 3.18. The van der Waals surface area contributed by atoms with E-state index in [1.807, 2.05) is 6.07 Å². The van der Waals surface area contributed by atoms with Gasteiger partial charge < -0.3 is 4.90 Å². The van der Waals surface area contributed by atoms with E-state index in [4.69, 9.17) is 0 Å². The van der Waals surface area contributed by atoms with Gasteiger partial charge in [-0.2, -0.15) is 13.2 Å². The third kappa shape index (κ3) is 2.89. The monoisotopic (exact) mass is 357 g/mol. The van der Waals surface area contributed by atoms with Crippen molar-refractivity contribution in [3.63, 3.8) is 0 Å². The zero-order chi connectivity index (χ0) is 18.3. The highest BCUT2D eigenvalue weighted by atomic mass is 19.4. The first-order chi connectivity index (χ1) is 12.4. The third-order valence-electron chi connectivity index (χ3n) is 4.44. The molecule has 0 aliphatic carbocycles. The summed E-state index contributed by atoms with van der Waals surface area (Å²) in [5, 5.41) is 0. The second-order valence-corrected chi connectivity index (χ2v) is 6.15. The number of hydrogen-bond acceptors (Lipinski definition) is 3. The molecule has 3 aromatic rings. The van der Waals surface area contributed by atoms with Crippen LogP contribution in [-0.4, -0.2) is 22.4 Å². The summed E-state index contributed by atoms with van der Waals surface area (Å²) >= 11 is 0. The van der Waals surface area contributed by atoms with Crippen molar-refractivity contribution in [3.05, 3.63) is 65.5 Å². The lowest BCUT2D eigenvalue weighted by atomic mass is 9.98. The first kappa shape index (κ1) is 16.5. The van der Waals surface area contributed by atoms with Gasteiger partial charge in [-0.15, -0.1) is 0 Å². The predicted molar refractivity (Wildman–Crippen MR) is 91.0 cm³/mol. The van der Waals surface area contributed by atoms with Crippen LogP contribution < -0.4 is 4.90 Å². The molecule has 2 aromatic carbocycles. The molecule has 0 unspecified atom stereocenters. The molecule has 0 fully saturated rings. The molecule has 0 radical (unpaired) electrons. The van der Waals surface area contributed by atoms with Gasteiger partial charge in [0.2, 0.25) is 0 Å². The van der Waals surface area contributed by atoms with Gasteiger partial charge in [0.25, 0.3) is 5.91 Å². The average Bonchev–Trinajstić information content (AvgIpc) is 2.65. The van der Waals surface area contributed by atoms with Crippen LogP contribution in [-0.2, 0) is 12.6 Å². The highest BCUT2D eigenvalue weighted by Crippen LogP contribution is 2.35. The number of carbonyl (C=O) groups is 1. The zero-order valence-corrected chi connectivity index (χ0v) is 13.6. The van der Waals surface area contributed by atoms with Crippen LogP contribution in [0.3, 0.4) is 0 Å². The summed E-state index contributed by atoms with van der Waals surface area (Å²) < 4.78 is 38.8. The Labute approximate surface area is 147 Å². The number of rotatable bonds is 1. The number of alkyl halides is 3. The van der Waals surface area contributed by atoms with E-state index in [9.17, 15) is 18.0 Å². The van der Waals surface area contributed by atoms with E-state index in [2.05, 4.69) is 9.97 Å². The molecule has 26 heavy (non-hydrogen) atoms. The fraction of sp³-hybridized carbons (Fsp3) is 0.211. The lowest BCUT2D eigenvalue weighted by Crippen LogP contribution is -2.36. The summed E-state index contributed by atoms with van der Waals surface area (Å²) in [6, 6.07) is 10.7. The van der Waals surface area contributed by atoms with Crippen LogP contribution in [0.25, 0.3) is 11.0 Å². The van der Waals surface area contributed by atoms with Gasteiger partial charge in [-0.25, -0.2) is 4.98 Å². The van der Waals surface area contributed by atoms with E-state index in [1.165, 1.54) is 17.2 Å². The maximum Gasteiger partial charge on any atom is 0.416 e. The van der Waals surface area contributed by atoms with Crippen molar-refractivity contribution in [2.24, 2.45) is 0 Å². The van der Waals surface area contributed by atoms with E-state index in [0.29, 0.717) is 41.7 Å². The van der Waals surface area contributed by atoms with Crippen molar-refractivity contribution in [2.75, 3.05) is 11.4 Å². The van der Waals surface area contributed by atoms with Gasteiger partial charge >= 0.3 is 6.18 Å². The Balaban J connectivity index is 1.71. The molecule has 0 atom stereocenters. The van der Waals surface area contributed by atoms with Crippen molar-refractivity contribution in [3.8, 4) is 0 Å². The number of nitrogens with zero attached hydrogens (tertiary/aromatic N) is 3. The van der Waals surface area contributed by atoms with Gasteiger partial charge in [0.1, 0.15) is 5.69 Å². The van der Waals surface area contributed by atoms with Crippen molar-refractivity contribution in [2.45, 2.75) is 19.0 Å². The van der Waals surface area contributed by atoms with Gasteiger partial charge in [0.15, 0.2) is 0 Å². The van der Waals surface area contributed by atoms with Crippen LogP contribution in [0.2, 0.25) is 0 Å². The third-order valence-corrected chi connectivity index (χ3v) is 4.44. The normalized spacial score (nSPS) is 14.3. The van der Waals surface area contributed by atoms with E-state index in [0.717, 1.165) is 12.1 Å². The minimum atomic E-state index is -4.40. The number of carbonyl (C=O) groups excluding carboxylic acids is 1. The van der Waals surface area contributed by atoms with Crippen LogP contribution in [0.15, 0.2) is 48.7 Å². The summed E-state index contributed by atoms with van der Waals surface area (Å²) in [6.07, 6.45) is -1.89. The van der Waals surface area contributed by atoms with E-state index in [-0.39, 0.29) is 11.6 Å². The number of fused-ring (bicyclic) bond motifs is 2. The summed E-state index contributed by atoms with van der Waals surface area (Å²) in [5.41, 5.74) is 1.78. The SMILES string of the molecule is O=C(c1cnc2ccccc2n1)N1CCCc2cc(C(F)(F)F)ccc21. The Hall–Kier alpha value is -2.96. The van der Waals surface area contributed by atoms with Crippen molar-refractivity contribution in [1.82, 2.24) is 9.97 Å². The molecule has 7 heteroatoms. The average molecular weight is 357 g/mol. The van der Waals surface area contributed by atoms with Crippen LogP contribution in [0.1, 0.15) is 28.0 Å². The minimum Gasteiger partial charge on any atom is -0.307 e. The molecule has 0 N–H and O–H groups in total. The molecule has 132 valence electrons. The standard InChI is InChI=1S/C19H14F3N3O/c20-19(21,22)13-7-8-17-12(10-13)4-3-9-25(17)18(26)16-11-23-14-5-1-2-6-15(14)24-16/h1-2,5-8,10-11H,3-4,9H2. The van der Waals surface area contributed by atoms with Crippen molar-refractivity contribution in [1.29, 1.82) is 0 Å². The Morgan fingerprint density at radius 3 is 2.62 bits per heavy atom. The van der Waals surface area contributed by atoms with E-state index < -0.39 is 11.7 Å². The number of amides is 1. The zero-order valence-electron chi connectivity index (χ0n) is 13.6.